The molecule has 0 saturated heterocycles. The van der Waals surface area contributed by atoms with Crippen LogP contribution in [0.5, 0.6) is 0 Å². The normalized spacial score (nSPS) is 10.9. The zero-order valence-electron chi connectivity index (χ0n) is 10.6. The molecule has 0 spiro atoms. The molecule has 3 rings (SSSR count). The Labute approximate surface area is 115 Å². The topological polar surface area (TPSA) is 55.1 Å². The molecular formula is C13H12ClN5. The van der Waals surface area contributed by atoms with Crippen molar-refractivity contribution in [2.75, 3.05) is 5.32 Å². The molecule has 0 aliphatic heterocycles. The molecule has 1 aromatic carbocycles. The summed E-state index contributed by atoms with van der Waals surface area (Å²) >= 11 is 5.99. The zero-order chi connectivity index (χ0) is 13.4. The first-order chi connectivity index (χ1) is 9.13. The lowest BCUT2D eigenvalue weighted by Gasteiger charge is -2.11. The number of aromatic nitrogens is 4. The highest BCUT2D eigenvalue weighted by Gasteiger charge is 2.08. The first-order valence-corrected chi connectivity index (χ1v) is 6.22. The Morgan fingerprint density at radius 2 is 2.05 bits per heavy atom. The van der Waals surface area contributed by atoms with Crippen LogP contribution in [0.25, 0.3) is 5.78 Å². The van der Waals surface area contributed by atoms with Gasteiger partial charge in [0.1, 0.15) is 17.3 Å². The fourth-order valence-corrected chi connectivity index (χ4v) is 2.06. The van der Waals surface area contributed by atoms with Crippen LogP contribution in [-0.2, 0) is 0 Å². The van der Waals surface area contributed by atoms with Gasteiger partial charge in [0.15, 0.2) is 0 Å². The SMILES string of the molecule is Cc1ccc(C)c(Nc2cc(Cl)nc3ncnn23)c1. The summed E-state index contributed by atoms with van der Waals surface area (Å²) in [4.78, 5) is 8.13. The number of anilines is 2. The van der Waals surface area contributed by atoms with Crippen molar-refractivity contribution in [3.05, 3.63) is 46.9 Å². The average Bonchev–Trinajstić information content (AvgIpc) is 2.82. The molecule has 6 heteroatoms. The van der Waals surface area contributed by atoms with Gasteiger partial charge in [-0.2, -0.15) is 19.6 Å². The molecule has 0 bridgehead atoms. The van der Waals surface area contributed by atoms with Gasteiger partial charge < -0.3 is 5.32 Å². The first-order valence-electron chi connectivity index (χ1n) is 5.84. The Morgan fingerprint density at radius 1 is 1.21 bits per heavy atom. The van der Waals surface area contributed by atoms with Gasteiger partial charge in [0.2, 0.25) is 0 Å². The number of rotatable bonds is 2. The molecule has 0 fully saturated rings. The van der Waals surface area contributed by atoms with Crippen molar-refractivity contribution in [3.8, 4) is 0 Å². The molecule has 2 heterocycles. The average molecular weight is 274 g/mol. The number of hydrogen-bond donors (Lipinski definition) is 1. The molecule has 5 nitrogen and oxygen atoms in total. The molecule has 0 aliphatic carbocycles. The van der Waals surface area contributed by atoms with Gasteiger partial charge in [-0.3, -0.25) is 0 Å². The molecule has 0 radical (unpaired) electrons. The van der Waals surface area contributed by atoms with Crippen LogP contribution in [0.3, 0.4) is 0 Å². The molecule has 1 N–H and O–H groups in total. The van der Waals surface area contributed by atoms with Crippen LogP contribution in [0.1, 0.15) is 11.1 Å². The minimum Gasteiger partial charge on any atom is -0.340 e. The maximum absolute atomic E-state index is 5.99. The number of benzene rings is 1. The Balaban J connectivity index is 2.10. The summed E-state index contributed by atoms with van der Waals surface area (Å²) in [7, 11) is 0. The van der Waals surface area contributed by atoms with Gasteiger partial charge in [-0.25, -0.2) is 0 Å². The van der Waals surface area contributed by atoms with E-state index in [0.29, 0.717) is 10.9 Å². The van der Waals surface area contributed by atoms with E-state index < -0.39 is 0 Å². The molecule has 96 valence electrons. The minimum absolute atomic E-state index is 0.383. The van der Waals surface area contributed by atoms with Gasteiger partial charge in [-0.15, -0.1) is 0 Å². The van der Waals surface area contributed by atoms with Crippen molar-refractivity contribution >= 4 is 28.9 Å². The molecule has 0 amide bonds. The van der Waals surface area contributed by atoms with E-state index in [0.717, 1.165) is 17.1 Å². The fourth-order valence-electron chi connectivity index (χ4n) is 1.88. The van der Waals surface area contributed by atoms with Gasteiger partial charge in [0, 0.05) is 11.8 Å². The third kappa shape index (κ3) is 2.24. The number of nitrogens with one attached hydrogen (secondary N) is 1. The highest BCUT2D eigenvalue weighted by Crippen LogP contribution is 2.23. The lowest BCUT2D eigenvalue weighted by molar-refractivity contribution is 0.947. The Kier molecular flexibility index (Phi) is 2.83. The van der Waals surface area contributed by atoms with Crippen LogP contribution in [-0.4, -0.2) is 19.6 Å². The van der Waals surface area contributed by atoms with Crippen molar-refractivity contribution in [1.82, 2.24) is 19.6 Å². The summed E-state index contributed by atoms with van der Waals surface area (Å²) in [5.41, 5.74) is 3.34. The molecule has 0 saturated carbocycles. The standard InChI is InChI=1S/C13H12ClN5/c1-8-3-4-9(2)10(5-8)17-12-6-11(14)18-13-15-7-16-19(12)13/h3-7,17H,1-2H3. The quantitative estimate of drug-likeness (QED) is 0.729. The minimum atomic E-state index is 0.383. The summed E-state index contributed by atoms with van der Waals surface area (Å²) < 4.78 is 1.62. The maximum atomic E-state index is 5.99. The van der Waals surface area contributed by atoms with Crippen LogP contribution in [0.4, 0.5) is 11.5 Å². The number of aryl methyl sites for hydroxylation is 2. The predicted molar refractivity (Wildman–Crippen MR) is 75.0 cm³/mol. The maximum Gasteiger partial charge on any atom is 0.255 e. The lowest BCUT2D eigenvalue weighted by atomic mass is 10.1. The highest BCUT2D eigenvalue weighted by atomic mass is 35.5. The smallest absolute Gasteiger partial charge is 0.255 e. The molecule has 0 aliphatic rings. The summed E-state index contributed by atoms with van der Waals surface area (Å²) in [5.74, 6) is 1.21. The van der Waals surface area contributed by atoms with Gasteiger partial charge in [0.05, 0.1) is 0 Å². The van der Waals surface area contributed by atoms with E-state index in [1.165, 1.54) is 11.9 Å². The van der Waals surface area contributed by atoms with Crippen LogP contribution in [0.2, 0.25) is 5.15 Å². The van der Waals surface area contributed by atoms with Gasteiger partial charge >= 0.3 is 0 Å². The number of nitrogens with zero attached hydrogens (tertiary/aromatic N) is 4. The second-order valence-corrected chi connectivity index (χ2v) is 4.77. The number of hydrogen-bond acceptors (Lipinski definition) is 4. The third-order valence-corrected chi connectivity index (χ3v) is 3.07. The third-order valence-electron chi connectivity index (χ3n) is 2.88. The molecule has 19 heavy (non-hydrogen) atoms. The molecule has 3 aromatic rings. The van der Waals surface area contributed by atoms with Gasteiger partial charge in [-0.05, 0) is 31.0 Å². The van der Waals surface area contributed by atoms with E-state index in [4.69, 9.17) is 11.6 Å². The predicted octanol–water partition coefficient (Wildman–Crippen LogP) is 3.14. The van der Waals surface area contributed by atoms with Gasteiger partial charge in [0.25, 0.3) is 5.78 Å². The second kappa shape index (κ2) is 4.51. The number of halogens is 1. The van der Waals surface area contributed by atoms with Crippen molar-refractivity contribution in [2.45, 2.75) is 13.8 Å². The summed E-state index contributed by atoms with van der Waals surface area (Å²) in [6, 6.07) is 7.95. The Hall–Kier alpha value is -2.14. The van der Waals surface area contributed by atoms with Crippen LogP contribution in [0, 0.1) is 13.8 Å². The van der Waals surface area contributed by atoms with Crippen molar-refractivity contribution in [2.24, 2.45) is 0 Å². The van der Waals surface area contributed by atoms with Crippen molar-refractivity contribution in [1.29, 1.82) is 0 Å². The monoisotopic (exact) mass is 273 g/mol. The van der Waals surface area contributed by atoms with E-state index in [1.54, 1.807) is 10.6 Å². The summed E-state index contributed by atoms with van der Waals surface area (Å²) in [6.45, 7) is 4.10. The Morgan fingerprint density at radius 3 is 2.89 bits per heavy atom. The Bertz CT molecular complexity index is 750. The second-order valence-electron chi connectivity index (χ2n) is 4.38. The largest absolute Gasteiger partial charge is 0.340 e. The highest BCUT2D eigenvalue weighted by molar-refractivity contribution is 6.29. The van der Waals surface area contributed by atoms with Crippen LogP contribution >= 0.6 is 11.6 Å². The van der Waals surface area contributed by atoms with Crippen molar-refractivity contribution < 1.29 is 0 Å². The van der Waals surface area contributed by atoms with E-state index in [1.807, 2.05) is 6.92 Å². The van der Waals surface area contributed by atoms with E-state index >= 15 is 0 Å². The van der Waals surface area contributed by atoms with Gasteiger partial charge in [-0.1, -0.05) is 23.7 Å². The zero-order valence-corrected chi connectivity index (χ0v) is 11.3. The van der Waals surface area contributed by atoms with Crippen molar-refractivity contribution in [3.63, 3.8) is 0 Å². The molecule has 2 aromatic heterocycles. The first kappa shape index (κ1) is 11.9. The lowest BCUT2D eigenvalue weighted by Crippen LogP contribution is -2.02. The van der Waals surface area contributed by atoms with Crippen LogP contribution < -0.4 is 5.32 Å². The molecular weight excluding hydrogens is 262 g/mol. The van der Waals surface area contributed by atoms with E-state index in [9.17, 15) is 0 Å². The number of fused-ring (bicyclic) bond motifs is 1. The van der Waals surface area contributed by atoms with E-state index in [-0.39, 0.29) is 0 Å². The molecule has 0 unspecified atom stereocenters. The summed E-state index contributed by atoms with van der Waals surface area (Å²) in [5, 5.41) is 7.83. The summed E-state index contributed by atoms with van der Waals surface area (Å²) in [6.07, 6.45) is 1.45. The fraction of sp³-hybridized carbons (Fsp3) is 0.154. The van der Waals surface area contributed by atoms with E-state index in [2.05, 4.69) is 45.5 Å². The van der Waals surface area contributed by atoms with Crippen LogP contribution in [0.15, 0.2) is 30.6 Å². The molecule has 0 atom stereocenters.